The van der Waals surface area contributed by atoms with Crippen LogP contribution in [0.1, 0.15) is 11.1 Å². The highest BCUT2D eigenvalue weighted by Gasteiger charge is 2.72. The normalized spacial score (nSPS) is 30.9. The number of anilines is 2. The molecule has 0 aromatic heterocycles. The molecule has 4 aliphatic rings. The quantitative estimate of drug-likeness (QED) is 0.673. The van der Waals surface area contributed by atoms with Crippen LogP contribution in [0.25, 0.3) is 0 Å². The summed E-state index contributed by atoms with van der Waals surface area (Å²) in [7, 11) is 0. The zero-order valence-corrected chi connectivity index (χ0v) is 13.0. The third-order valence-electron chi connectivity index (χ3n) is 5.38. The van der Waals surface area contributed by atoms with Gasteiger partial charge in [-0.05, 0) is 12.1 Å². The molecule has 2 fully saturated rings. The van der Waals surface area contributed by atoms with E-state index in [1.54, 1.807) is 9.80 Å². The summed E-state index contributed by atoms with van der Waals surface area (Å²) in [4.78, 5) is 29.2. The maximum Gasteiger partial charge on any atom is 0.367 e. The van der Waals surface area contributed by atoms with Crippen LogP contribution in [0.15, 0.2) is 48.5 Å². The van der Waals surface area contributed by atoms with Gasteiger partial charge in [-0.2, -0.15) is 0 Å². The highest BCUT2D eigenvalue weighted by Crippen LogP contribution is 2.60. The van der Waals surface area contributed by atoms with Gasteiger partial charge in [0.05, 0.1) is 11.4 Å². The first-order chi connectivity index (χ1) is 12.2. The minimum atomic E-state index is -1.48. The number of ether oxygens (including phenoxy) is 3. The summed E-state index contributed by atoms with van der Waals surface area (Å²) in [5, 5.41) is 0. The van der Waals surface area contributed by atoms with Crippen molar-refractivity contribution >= 4 is 23.3 Å². The predicted molar refractivity (Wildman–Crippen MR) is 84.2 cm³/mol. The Balaban J connectivity index is 1.80. The lowest BCUT2D eigenvalue weighted by atomic mass is 9.86. The van der Waals surface area contributed by atoms with Crippen molar-refractivity contribution in [3.63, 3.8) is 0 Å². The van der Waals surface area contributed by atoms with Crippen LogP contribution < -0.4 is 9.80 Å². The van der Waals surface area contributed by atoms with Crippen LogP contribution in [-0.4, -0.2) is 25.4 Å². The zero-order valence-electron chi connectivity index (χ0n) is 13.0. The lowest BCUT2D eigenvalue weighted by molar-refractivity contribution is -0.200. The first-order valence-electron chi connectivity index (χ1n) is 7.98. The van der Waals surface area contributed by atoms with E-state index in [-0.39, 0.29) is 13.5 Å². The molecule has 6 rings (SSSR count). The van der Waals surface area contributed by atoms with Gasteiger partial charge in [0, 0.05) is 11.1 Å². The number of para-hydroxylation sites is 2. The van der Waals surface area contributed by atoms with Crippen LogP contribution in [0.5, 0.6) is 0 Å². The Morgan fingerprint density at radius 1 is 0.720 bits per heavy atom. The zero-order chi connectivity index (χ0) is 16.8. The largest absolute Gasteiger partial charge is 0.440 e. The average molecular weight is 336 g/mol. The fraction of sp³-hybridized carbons (Fsp3) is 0.222. The van der Waals surface area contributed by atoms with Crippen LogP contribution in [0.2, 0.25) is 0 Å². The topological polar surface area (TPSA) is 68.3 Å². The molecule has 0 unspecified atom stereocenters. The molecular weight excluding hydrogens is 324 g/mol. The smallest absolute Gasteiger partial charge is 0.367 e. The van der Waals surface area contributed by atoms with Crippen LogP contribution >= 0.6 is 0 Å². The minimum absolute atomic E-state index is 0.0648. The summed E-state index contributed by atoms with van der Waals surface area (Å²) >= 11 is 0. The van der Waals surface area contributed by atoms with Crippen molar-refractivity contribution in [3.05, 3.63) is 59.7 Å². The van der Waals surface area contributed by atoms with Gasteiger partial charge in [0.1, 0.15) is 0 Å². The fourth-order valence-electron chi connectivity index (χ4n) is 4.34. The van der Waals surface area contributed by atoms with E-state index >= 15 is 0 Å². The number of carbonyl (C=O) groups excluding carboxylic acids is 2. The highest BCUT2D eigenvalue weighted by molar-refractivity contribution is 5.99. The second-order valence-electron chi connectivity index (χ2n) is 6.40. The molecule has 7 nitrogen and oxygen atoms in total. The van der Waals surface area contributed by atoms with E-state index in [1.165, 1.54) is 0 Å². The molecular formula is C18H12N2O5. The van der Waals surface area contributed by atoms with Crippen molar-refractivity contribution in [1.82, 2.24) is 0 Å². The van der Waals surface area contributed by atoms with Crippen LogP contribution in [0, 0.1) is 0 Å². The van der Waals surface area contributed by atoms with Crippen LogP contribution in [-0.2, 0) is 35.2 Å². The molecule has 0 radical (unpaired) electrons. The van der Waals surface area contributed by atoms with Crippen LogP contribution in [0.3, 0.4) is 0 Å². The monoisotopic (exact) mass is 336 g/mol. The number of nitrogens with zero attached hydrogens (tertiary/aromatic N) is 2. The van der Waals surface area contributed by atoms with Gasteiger partial charge in [0.25, 0.3) is 11.4 Å². The Bertz CT molecular complexity index is 898. The molecule has 2 spiro atoms. The Morgan fingerprint density at radius 2 is 1.16 bits per heavy atom. The number of cyclic esters (lactones) is 2. The molecule has 0 saturated carbocycles. The number of hydrogen-bond acceptors (Lipinski definition) is 7. The number of carbonyl (C=O) groups is 2. The van der Waals surface area contributed by atoms with Crippen molar-refractivity contribution in [1.29, 1.82) is 0 Å². The van der Waals surface area contributed by atoms with Crippen molar-refractivity contribution in [3.8, 4) is 0 Å². The minimum Gasteiger partial charge on any atom is -0.440 e. The first kappa shape index (κ1) is 13.3. The average Bonchev–Trinajstić information content (AvgIpc) is 3.15. The second-order valence-corrected chi connectivity index (χ2v) is 6.40. The summed E-state index contributed by atoms with van der Waals surface area (Å²) in [6.07, 6.45) is 0. The third-order valence-corrected chi connectivity index (χ3v) is 5.38. The predicted octanol–water partition coefficient (Wildman–Crippen LogP) is 1.38. The molecule has 2 bridgehead atoms. The molecule has 0 N–H and O–H groups in total. The Morgan fingerprint density at radius 3 is 1.64 bits per heavy atom. The maximum atomic E-state index is 12.8. The fourth-order valence-corrected chi connectivity index (χ4v) is 4.34. The summed E-state index contributed by atoms with van der Waals surface area (Å²) in [5.74, 6) is -1.04. The van der Waals surface area contributed by atoms with E-state index in [2.05, 4.69) is 0 Å². The standard InChI is InChI=1S/C18H12N2O5/c21-15-17-11-5-1-3-7-13(11)19-9-24-16(22)18(19,25-17)12-6-2-4-8-14(12)20(17)10-23-15/h1-8H,9-10H2/t17-,18-/m0/s1. The number of benzene rings is 2. The van der Waals surface area contributed by atoms with Gasteiger partial charge in [-0.25, -0.2) is 9.59 Å². The van der Waals surface area contributed by atoms with Crippen LogP contribution in [0.4, 0.5) is 11.4 Å². The molecule has 2 saturated heterocycles. The van der Waals surface area contributed by atoms with Gasteiger partial charge in [0.2, 0.25) is 0 Å². The van der Waals surface area contributed by atoms with E-state index in [4.69, 9.17) is 14.2 Å². The summed E-state index contributed by atoms with van der Waals surface area (Å²) in [6.45, 7) is 0.130. The third kappa shape index (κ3) is 1.21. The van der Waals surface area contributed by atoms with E-state index < -0.39 is 23.4 Å². The van der Waals surface area contributed by atoms with Gasteiger partial charge < -0.3 is 9.47 Å². The molecule has 2 atom stereocenters. The van der Waals surface area contributed by atoms with Crippen molar-refractivity contribution in [2.45, 2.75) is 11.4 Å². The van der Waals surface area contributed by atoms with Gasteiger partial charge in [-0.1, -0.05) is 36.4 Å². The number of rotatable bonds is 0. The summed E-state index contributed by atoms with van der Waals surface area (Å²) in [5.41, 5.74) is -0.187. The van der Waals surface area contributed by atoms with E-state index in [0.29, 0.717) is 11.1 Å². The highest BCUT2D eigenvalue weighted by atomic mass is 16.7. The molecule has 25 heavy (non-hydrogen) atoms. The number of fused-ring (bicyclic) bond motifs is 4. The first-order valence-corrected chi connectivity index (χ1v) is 7.98. The SMILES string of the molecule is O=C1OCN2c3ccccc3[C@@]34O[C@@]12c1ccccc1N3COC4=O. The molecule has 124 valence electrons. The van der Waals surface area contributed by atoms with Gasteiger partial charge >= 0.3 is 11.9 Å². The molecule has 0 aliphatic carbocycles. The Hall–Kier alpha value is -3.06. The number of hydrogen-bond donors (Lipinski definition) is 0. The van der Waals surface area contributed by atoms with Gasteiger partial charge in [-0.15, -0.1) is 0 Å². The van der Waals surface area contributed by atoms with Gasteiger partial charge in [-0.3, -0.25) is 14.5 Å². The van der Waals surface area contributed by atoms with Crippen molar-refractivity contribution in [2.75, 3.05) is 23.3 Å². The molecule has 2 aromatic carbocycles. The lowest BCUT2D eigenvalue weighted by Crippen LogP contribution is -2.66. The lowest BCUT2D eigenvalue weighted by Gasteiger charge is -2.53. The van der Waals surface area contributed by atoms with Crippen molar-refractivity contribution < 1.29 is 23.8 Å². The van der Waals surface area contributed by atoms with E-state index in [9.17, 15) is 9.59 Å². The van der Waals surface area contributed by atoms with E-state index in [1.807, 2.05) is 48.5 Å². The summed E-state index contributed by atoms with van der Waals surface area (Å²) in [6, 6.07) is 14.8. The van der Waals surface area contributed by atoms with Gasteiger partial charge in [0.15, 0.2) is 13.5 Å². The van der Waals surface area contributed by atoms with E-state index in [0.717, 1.165) is 11.4 Å². The molecule has 0 amide bonds. The molecule has 7 heteroatoms. The second kappa shape index (κ2) is 3.94. The Labute approximate surface area is 142 Å². The summed E-state index contributed by atoms with van der Waals surface area (Å²) < 4.78 is 17.0. The van der Waals surface area contributed by atoms with Crippen molar-refractivity contribution in [2.24, 2.45) is 0 Å². The molecule has 2 aromatic rings. The maximum absolute atomic E-state index is 12.8. The Kier molecular flexibility index (Phi) is 2.09. The molecule has 4 heterocycles. The number of esters is 2. The molecule has 4 aliphatic heterocycles.